The molecule has 6 heteroatoms. The molecule has 0 amide bonds. The van der Waals surface area contributed by atoms with E-state index < -0.39 is 6.10 Å². The van der Waals surface area contributed by atoms with Gasteiger partial charge in [-0.1, -0.05) is 164 Å². The van der Waals surface area contributed by atoms with E-state index in [1.54, 1.807) is 0 Å². The topological polar surface area (TPSA) is 78.9 Å². The van der Waals surface area contributed by atoms with Gasteiger partial charge in [-0.05, 0) is 83.5 Å². The molecular formula is C48H80O6. The fourth-order valence-corrected chi connectivity index (χ4v) is 5.62. The smallest absolute Gasteiger partial charge is 0.306 e. The first kappa shape index (κ1) is 50.9. The van der Waals surface area contributed by atoms with Crippen LogP contribution in [0.1, 0.15) is 194 Å². The average Bonchev–Trinajstić information content (AvgIpc) is 3.17. The lowest BCUT2D eigenvalue weighted by molar-refractivity contribution is -0.167. The first-order valence-corrected chi connectivity index (χ1v) is 21.9. The van der Waals surface area contributed by atoms with Crippen LogP contribution in [0, 0.1) is 0 Å². The Balaban J connectivity index is 4.32. The molecule has 0 radical (unpaired) electrons. The average molecular weight is 753 g/mol. The van der Waals surface area contributed by atoms with Crippen molar-refractivity contribution in [2.45, 2.75) is 200 Å². The molecule has 1 atom stereocenters. The molecule has 0 aliphatic rings. The molecule has 0 N–H and O–H groups in total. The summed E-state index contributed by atoms with van der Waals surface area (Å²) >= 11 is 0. The fraction of sp³-hybridized carbons (Fsp3) is 0.688. The number of allylic oxidation sites excluding steroid dienone is 12. The number of hydrogen-bond donors (Lipinski definition) is 0. The molecule has 6 nitrogen and oxygen atoms in total. The lowest BCUT2D eigenvalue weighted by Crippen LogP contribution is -2.30. The summed E-state index contributed by atoms with van der Waals surface area (Å²) in [5.41, 5.74) is 0. The molecule has 308 valence electrons. The fourth-order valence-electron chi connectivity index (χ4n) is 5.62. The maximum absolute atomic E-state index is 12.6. The monoisotopic (exact) mass is 753 g/mol. The molecule has 0 saturated heterocycles. The van der Waals surface area contributed by atoms with Crippen molar-refractivity contribution in [2.24, 2.45) is 0 Å². The summed E-state index contributed by atoms with van der Waals surface area (Å²) in [6.07, 6.45) is 51.9. The molecule has 54 heavy (non-hydrogen) atoms. The third kappa shape index (κ3) is 40.0. The van der Waals surface area contributed by atoms with Crippen molar-refractivity contribution < 1.29 is 28.6 Å². The highest BCUT2D eigenvalue weighted by Crippen LogP contribution is 2.12. The van der Waals surface area contributed by atoms with E-state index in [1.807, 2.05) is 0 Å². The summed E-state index contributed by atoms with van der Waals surface area (Å²) in [5, 5.41) is 0. The molecule has 0 aliphatic heterocycles. The van der Waals surface area contributed by atoms with Crippen molar-refractivity contribution in [3.05, 3.63) is 72.9 Å². The van der Waals surface area contributed by atoms with Crippen LogP contribution in [0.2, 0.25) is 0 Å². The Labute approximate surface area is 332 Å². The van der Waals surface area contributed by atoms with Crippen LogP contribution in [0.4, 0.5) is 0 Å². The first-order chi connectivity index (χ1) is 26.5. The van der Waals surface area contributed by atoms with E-state index in [0.717, 1.165) is 128 Å². The molecule has 0 aromatic carbocycles. The van der Waals surface area contributed by atoms with Gasteiger partial charge in [-0.3, -0.25) is 14.4 Å². The number of carbonyl (C=O) groups is 3. The Morgan fingerprint density at radius 2 is 0.741 bits per heavy atom. The normalized spacial score (nSPS) is 12.7. The third-order valence-corrected chi connectivity index (χ3v) is 8.95. The highest BCUT2D eigenvalue weighted by Gasteiger charge is 2.19. The SMILES string of the molecule is CC/C=C\C/C=C\C/C=C\C/C=C\CCCCCCC(=O)OCC(COC(=O)CCCCCCC)OC(=O)CCCCCCC/C=C\C/C=C\CCCC. The van der Waals surface area contributed by atoms with Crippen LogP contribution in [0.5, 0.6) is 0 Å². The predicted octanol–water partition coefficient (Wildman–Crippen LogP) is 13.9. The molecule has 0 spiro atoms. The van der Waals surface area contributed by atoms with Crippen LogP contribution in [0.15, 0.2) is 72.9 Å². The van der Waals surface area contributed by atoms with Gasteiger partial charge in [0.1, 0.15) is 13.2 Å². The lowest BCUT2D eigenvalue weighted by Gasteiger charge is -2.18. The minimum Gasteiger partial charge on any atom is -0.462 e. The van der Waals surface area contributed by atoms with Crippen molar-refractivity contribution in [1.29, 1.82) is 0 Å². The minimum atomic E-state index is -0.787. The van der Waals surface area contributed by atoms with Gasteiger partial charge in [0.15, 0.2) is 6.10 Å². The van der Waals surface area contributed by atoms with E-state index in [2.05, 4.69) is 93.7 Å². The Bertz CT molecular complexity index is 1050. The molecule has 0 fully saturated rings. The van der Waals surface area contributed by atoms with E-state index in [9.17, 15) is 14.4 Å². The molecule has 0 aromatic rings. The highest BCUT2D eigenvalue weighted by molar-refractivity contribution is 5.71. The van der Waals surface area contributed by atoms with Gasteiger partial charge in [0.05, 0.1) is 0 Å². The van der Waals surface area contributed by atoms with Crippen molar-refractivity contribution in [3.63, 3.8) is 0 Å². The van der Waals surface area contributed by atoms with Gasteiger partial charge in [-0.15, -0.1) is 0 Å². The summed E-state index contributed by atoms with van der Waals surface area (Å²) in [6, 6.07) is 0. The zero-order valence-electron chi connectivity index (χ0n) is 35.0. The van der Waals surface area contributed by atoms with Gasteiger partial charge in [-0.2, -0.15) is 0 Å². The second-order valence-corrected chi connectivity index (χ2v) is 14.2. The van der Waals surface area contributed by atoms with Crippen LogP contribution < -0.4 is 0 Å². The number of hydrogen-bond acceptors (Lipinski definition) is 6. The largest absolute Gasteiger partial charge is 0.462 e. The Hall–Kier alpha value is -3.15. The molecule has 1 unspecified atom stereocenters. The van der Waals surface area contributed by atoms with Crippen molar-refractivity contribution in [2.75, 3.05) is 13.2 Å². The van der Waals surface area contributed by atoms with Gasteiger partial charge >= 0.3 is 17.9 Å². The standard InChI is InChI=1S/C48H80O6/c1-4-7-10-13-15-17-19-21-23-24-25-27-28-30-32-35-38-41-47(50)53-44-45(43-52-46(49)40-37-34-12-9-6-3)54-48(51)42-39-36-33-31-29-26-22-20-18-16-14-11-8-5-2/h7,10,14-17,20-23,25,27,45H,4-6,8-9,11-13,18-19,24,26,28-44H2,1-3H3/b10-7-,16-14-,17-15-,22-20-,23-21-,27-25-. The zero-order valence-corrected chi connectivity index (χ0v) is 35.0. The molecule has 0 rings (SSSR count). The lowest BCUT2D eigenvalue weighted by atomic mass is 10.1. The van der Waals surface area contributed by atoms with Gasteiger partial charge < -0.3 is 14.2 Å². The van der Waals surface area contributed by atoms with Crippen molar-refractivity contribution in [3.8, 4) is 0 Å². The molecule has 0 bridgehead atoms. The number of unbranched alkanes of at least 4 members (excludes halogenated alkanes) is 15. The number of esters is 3. The molecule has 0 aromatic heterocycles. The van der Waals surface area contributed by atoms with Crippen molar-refractivity contribution >= 4 is 17.9 Å². The first-order valence-electron chi connectivity index (χ1n) is 21.9. The van der Waals surface area contributed by atoms with Gasteiger partial charge in [0, 0.05) is 19.3 Å². The predicted molar refractivity (Wildman–Crippen MR) is 228 cm³/mol. The summed E-state index contributed by atoms with van der Waals surface area (Å²) in [6.45, 7) is 6.34. The summed E-state index contributed by atoms with van der Waals surface area (Å²) in [4.78, 5) is 37.4. The maximum atomic E-state index is 12.6. The Morgan fingerprint density at radius 3 is 1.19 bits per heavy atom. The van der Waals surface area contributed by atoms with E-state index >= 15 is 0 Å². The van der Waals surface area contributed by atoms with E-state index in [1.165, 1.54) is 25.7 Å². The minimum absolute atomic E-state index is 0.0911. The maximum Gasteiger partial charge on any atom is 0.306 e. The second-order valence-electron chi connectivity index (χ2n) is 14.2. The van der Waals surface area contributed by atoms with E-state index in [0.29, 0.717) is 19.3 Å². The van der Waals surface area contributed by atoms with Crippen LogP contribution in [-0.2, 0) is 28.6 Å². The van der Waals surface area contributed by atoms with Crippen LogP contribution in [0.3, 0.4) is 0 Å². The number of rotatable bonds is 38. The quantitative estimate of drug-likeness (QED) is 0.0270. The number of ether oxygens (including phenoxy) is 3. The highest BCUT2D eigenvalue weighted by atomic mass is 16.6. The molecular weight excluding hydrogens is 673 g/mol. The van der Waals surface area contributed by atoms with Crippen LogP contribution in [0.25, 0.3) is 0 Å². The Morgan fingerprint density at radius 1 is 0.389 bits per heavy atom. The van der Waals surface area contributed by atoms with E-state index in [-0.39, 0.29) is 31.1 Å². The summed E-state index contributed by atoms with van der Waals surface area (Å²) in [7, 11) is 0. The van der Waals surface area contributed by atoms with E-state index in [4.69, 9.17) is 14.2 Å². The third-order valence-electron chi connectivity index (χ3n) is 8.95. The number of carbonyl (C=O) groups excluding carboxylic acids is 3. The van der Waals surface area contributed by atoms with Crippen LogP contribution >= 0.6 is 0 Å². The zero-order chi connectivity index (χ0) is 39.4. The molecule has 0 saturated carbocycles. The molecule has 0 aliphatic carbocycles. The van der Waals surface area contributed by atoms with Gasteiger partial charge in [0.25, 0.3) is 0 Å². The van der Waals surface area contributed by atoms with Crippen molar-refractivity contribution in [1.82, 2.24) is 0 Å². The summed E-state index contributed by atoms with van der Waals surface area (Å²) < 4.78 is 16.6. The van der Waals surface area contributed by atoms with Crippen LogP contribution in [-0.4, -0.2) is 37.2 Å². The summed E-state index contributed by atoms with van der Waals surface area (Å²) in [5.74, 6) is -0.951. The van der Waals surface area contributed by atoms with Gasteiger partial charge in [0.2, 0.25) is 0 Å². The Kier molecular flexibility index (Phi) is 40.1. The second kappa shape index (κ2) is 42.6. The molecule has 0 heterocycles. The van der Waals surface area contributed by atoms with Gasteiger partial charge in [-0.25, -0.2) is 0 Å².